The molecule has 1 heterocycles. The highest BCUT2D eigenvalue weighted by Gasteiger charge is 2.61. The van der Waals surface area contributed by atoms with Crippen molar-refractivity contribution in [1.82, 2.24) is 9.97 Å². The van der Waals surface area contributed by atoms with Crippen LogP contribution in [0.2, 0.25) is 0 Å². The van der Waals surface area contributed by atoms with E-state index in [4.69, 9.17) is 0 Å². The number of allylic oxidation sites excluding steroid dienone is 2. The zero-order chi connectivity index (χ0) is 19.5. The van der Waals surface area contributed by atoms with E-state index in [0.717, 1.165) is 42.8 Å². The van der Waals surface area contributed by atoms with E-state index in [1.54, 1.807) is 0 Å². The van der Waals surface area contributed by atoms with Gasteiger partial charge in [-0.2, -0.15) is 0 Å². The van der Waals surface area contributed by atoms with E-state index in [1.165, 1.54) is 37.7 Å². The van der Waals surface area contributed by atoms with Crippen LogP contribution in [0.1, 0.15) is 78.0 Å². The van der Waals surface area contributed by atoms with Crippen molar-refractivity contribution in [1.29, 1.82) is 0 Å². The quantitative estimate of drug-likeness (QED) is 0.661. The predicted molar refractivity (Wildman–Crippen MR) is 111 cm³/mol. The normalized spacial score (nSPS) is 45.0. The summed E-state index contributed by atoms with van der Waals surface area (Å²) in [5.74, 6) is 5.14. The smallest absolute Gasteiger partial charge is 0.155 e. The number of Topliss-reactive ketones (excluding diaryl/α,β-unsaturated/α-hetero) is 1. The molecule has 1 aromatic heterocycles. The van der Waals surface area contributed by atoms with E-state index in [-0.39, 0.29) is 5.41 Å². The van der Waals surface area contributed by atoms with E-state index in [2.05, 4.69) is 36.8 Å². The van der Waals surface area contributed by atoms with Gasteiger partial charge < -0.3 is 0 Å². The average Bonchev–Trinajstić information content (AvgIpc) is 3.06. The summed E-state index contributed by atoms with van der Waals surface area (Å²) in [6.07, 6.45) is 15.3. The van der Waals surface area contributed by atoms with Gasteiger partial charge in [-0.05, 0) is 84.2 Å². The summed E-state index contributed by atoms with van der Waals surface area (Å²) < 4.78 is 0. The van der Waals surface area contributed by atoms with Gasteiger partial charge in [-0.1, -0.05) is 33.3 Å². The van der Waals surface area contributed by atoms with Crippen LogP contribution in [0.5, 0.6) is 0 Å². The number of hydrogen-bond donors (Lipinski definition) is 0. The molecule has 0 radical (unpaired) electrons. The molecule has 3 nitrogen and oxygen atoms in total. The molecular formula is C25H34N2O. The Kier molecular flexibility index (Phi) is 4.30. The van der Waals surface area contributed by atoms with Gasteiger partial charge in [0.25, 0.3) is 0 Å². The molecule has 0 aliphatic heterocycles. The fourth-order valence-electron chi connectivity index (χ4n) is 8.00. The first-order valence-electron chi connectivity index (χ1n) is 11.5. The number of ketones is 1. The minimum Gasteiger partial charge on any atom is -0.300 e. The van der Waals surface area contributed by atoms with Crippen molar-refractivity contribution < 1.29 is 4.79 Å². The molecule has 3 saturated carbocycles. The fraction of sp³-hybridized carbons (Fsp3) is 0.720. The highest BCUT2D eigenvalue weighted by Crippen LogP contribution is 2.68. The number of carbonyl (C=O) groups is 1. The van der Waals surface area contributed by atoms with Gasteiger partial charge in [0.15, 0.2) is 5.82 Å². The second kappa shape index (κ2) is 6.50. The maximum absolute atomic E-state index is 12.2. The molecule has 3 fully saturated rings. The van der Waals surface area contributed by atoms with E-state index in [9.17, 15) is 4.79 Å². The van der Waals surface area contributed by atoms with Gasteiger partial charge in [0, 0.05) is 25.2 Å². The van der Waals surface area contributed by atoms with E-state index < -0.39 is 0 Å². The van der Waals surface area contributed by atoms with Gasteiger partial charge in [0.2, 0.25) is 0 Å². The minimum absolute atomic E-state index is 0.212. The Labute approximate surface area is 169 Å². The molecule has 4 aliphatic carbocycles. The zero-order valence-corrected chi connectivity index (χ0v) is 17.7. The van der Waals surface area contributed by atoms with Gasteiger partial charge >= 0.3 is 0 Å². The van der Waals surface area contributed by atoms with Crippen LogP contribution in [0.4, 0.5) is 0 Å². The second-order valence-electron chi connectivity index (χ2n) is 10.5. The number of fused-ring (bicyclic) bond motifs is 5. The lowest BCUT2D eigenvalue weighted by molar-refractivity contribution is -0.146. The minimum atomic E-state index is 0.212. The Hall–Kier alpha value is -1.51. The number of hydrogen-bond acceptors (Lipinski definition) is 3. The molecule has 1 unspecified atom stereocenters. The molecule has 3 heteroatoms. The number of rotatable bonds is 2. The van der Waals surface area contributed by atoms with Gasteiger partial charge in [-0.25, -0.2) is 9.97 Å². The molecular weight excluding hydrogens is 344 g/mol. The summed E-state index contributed by atoms with van der Waals surface area (Å²) in [6.45, 7) is 7.42. The summed E-state index contributed by atoms with van der Waals surface area (Å²) in [5.41, 5.74) is 1.98. The molecule has 0 amide bonds. The Morgan fingerprint density at radius 2 is 1.93 bits per heavy atom. The van der Waals surface area contributed by atoms with E-state index in [1.807, 2.05) is 18.5 Å². The number of aromatic nitrogens is 2. The monoisotopic (exact) mass is 378 g/mol. The average molecular weight is 379 g/mol. The third kappa shape index (κ3) is 2.50. The van der Waals surface area contributed by atoms with Crippen molar-refractivity contribution in [2.24, 2.45) is 40.4 Å². The molecule has 5 rings (SSSR count). The number of nitrogens with zero attached hydrogens (tertiary/aromatic N) is 2. The standard InChI is InChI=1S/C25H34N2O/c1-4-16-14-17-15-18(28)8-10-24(17,2)20-9-11-25(3)19(22(16)20)6-7-21(25)23-26-12-5-13-27-23/h5,7,12-13,16-17,19-20,22H,4,6,8-11,14-15H2,1-3H3/t16-,17?,19-,20-,22-,24-,25-/m0/s1. The van der Waals surface area contributed by atoms with Crippen LogP contribution in [0, 0.1) is 40.4 Å². The summed E-state index contributed by atoms with van der Waals surface area (Å²) >= 11 is 0. The topological polar surface area (TPSA) is 42.9 Å². The van der Waals surface area contributed by atoms with Gasteiger partial charge in [-0.15, -0.1) is 0 Å². The summed E-state index contributed by atoms with van der Waals surface area (Å²) in [7, 11) is 0. The highest BCUT2D eigenvalue weighted by molar-refractivity contribution is 5.79. The summed E-state index contributed by atoms with van der Waals surface area (Å²) in [4.78, 5) is 21.4. The van der Waals surface area contributed by atoms with E-state index in [0.29, 0.717) is 23.0 Å². The van der Waals surface area contributed by atoms with E-state index >= 15 is 0 Å². The maximum atomic E-state index is 12.2. The Morgan fingerprint density at radius 3 is 2.68 bits per heavy atom. The molecule has 7 atom stereocenters. The van der Waals surface area contributed by atoms with Crippen LogP contribution >= 0.6 is 0 Å². The van der Waals surface area contributed by atoms with Crippen LogP contribution in [-0.2, 0) is 4.79 Å². The molecule has 0 bridgehead atoms. The predicted octanol–water partition coefficient (Wildman–Crippen LogP) is 5.72. The van der Waals surface area contributed by atoms with Crippen molar-refractivity contribution in [2.45, 2.75) is 72.1 Å². The summed E-state index contributed by atoms with van der Waals surface area (Å²) in [6, 6.07) is 1.91. The lowest BCUT2D eigenvalue weighted by Crippen LogP contribution is -2.56. The molecule has 28 heavy (non-hydrogen) atoms. The lowest BCUT2D eigenvalue weighted by Gasteiger charge is -2.62. The highest BCUT2D eigenvalue weighted by atomic mass is 16.1. The van der Waals surface area contributed by atoms with Crippen LogP contribution in [0.3, 0.4) is 0 Å². The molecule has 1 aromatic rings. The number of carbonyl (C=O) groups excluding carboxylic acids is 1. The molecule has 150 valence electrons. The van der Waals surface area contributed by atoms with Gasteiger partial charge in [0.05, 0.1) is 0 Å². The van der Waals surface area contributed by atoms with Crippen LogP contribution in [-0.4, -0.2) is 15.8 Å². The summed E-state index contributed by atoms with van der Waals surface area (Å²) in [5, 5.41) is 0. The SMILES string of the molecule is CC[C@H]1CC2CC(=O)CC[C@]2(C)[C@H]2CC[C@]3(C)C(c4ncccn4)=CC[C@H]3[C@H]12. The molecule has 0 aromatic carbocycles. The third-order valence-electron chi connectivity index (χ3n) is 9.57. The van der Waals surface area contributed by atoms with Gasteiger partial charge in [0.1, 0.15) is 5.78 Å². The second-order valence-corrected chi connectivity index (χ2v) is 10.5. The van der Waals surface area contributed by atoms with Gasteiger partial charge in [-0.3, -0.25) is 4.79 Å². The van der Waals surface area contributed by atoms with Crippen molar-refractivity contribution in [2.75, 3.05) is 0 Å². The first-order valence-corrected chi connectivity index (χ1v) is 11.5. The van der Waals surface area contributed by atoms with Crippen molar-refractivity contribution in [3.63, 3.8) is 0 Å². The first kappa shape index (κ1) is 18.5. The zero-order valence-electron chi connectivity index (χ0n) is 17.7. The maximum Gasteiger partial charge on any atom is 0.155 e. The van der Waals surface area contributed by atoms with Crippen molar-refractivity contribution in [3.8, 4) is 0 Å². The van der Waals surface area contributed by atoms with Crippen molar-refractivity contribution >= 4 is 11.4 Å². The Balaban J connectivity index is 1.50. The fourth-order valence-corrected chi connectivity index (χ4v) is 8.00. The Morgan fingerprint density at radius 1 is 1.14 bits per heavy atom. The third-order valence-corrected chi connectivity index (χ3v) is 9.57. The molecule has 0 N–H and O–H groups in total. The van der Waals surface area contributed by atoms with Crippen molar-refractivity contribution in [3.05, 3.63) is 30.4 Å². The molecule has 4 aliphatic rings. The van der Waals surface area contributed by atoms with Crippen LogP contribution in [0.15, 0.2) is 24.5 Å². The molecule has 0 spiro atoms. The Bertz CT molecular complexity index is 802. The van der Waals surface area contributed by atoms with Crippen LogP contribution < -0.4 is 0 Å². The molecule has 0 saturated heterocycles. The largest absolute Gasteiger partial charge is 0.300 e. The first-order chi connectivity index (χ1) is 13.5. The van der Waals surface area contributed by atoms with Crippen LogP contribution in [0.25, 0.3) is 5.57 Å². The lowest BCUT2D eigenvalue weighted by atomic mass is 9.42.